The van der Waals surface area contributed by atoms with Crippen LogP contribution in [0.25, 0.3) is 0 Å². The van der Waals surface area contributed by atoms with Crippen molar-refractivity contribution >= 4 is 17.7 Å². The molecule has 0 aromatic rings. The SMILES string of the molecule is CC(C)[C@@H]1CC[C@@H](C)C[C@]12NC(=O)CS2. The Kier molecular flexibility index (Phi) is 3.02. The summed E-state index contributed by atoms with van der Waals surface area (Å²) in [4.78, 5) is 11.5. The van der Waals surface area contributed by atoms with Gasteiger partial charge in [-0.25, -0.2) is 0 Å². The molecule has 1 aliphatic carbocycles. The van der Waals surface area contributed by atoms with Crippen LogP contribution in [0.2, 0.25) is 0 Å². The number of nitrogens with one attached hydrogen (secondary N) is 1. The van der Waals surface area contributed by atoms with Crippen molar-refractivity contribution in [3.8, 4) is 0 Å². The fourth-order valence-corrected chi connectivity index (χ4v) is 4.81. The molecule has 0 aromatic heterocycles. The van der Waals surface area contributed by atoms with Crippen LogP contribution in [0.1, 0.15) is 40.0 Å². The molecule has 2 rings (SSSR count). The molecule has 3 atom stereocenters. The summed E-state index contributed by atoms with van der Waals surface area (Å²) >= 11 is 1.85. The van der Waals surface area contributed by atoms with Crippen LogP contribution in [0.5, 0.6) is 0 Å². The minimum Gasteiger partial charge on any atom is -0.341 e. The maximum Gasteiger partial charge on any atom is 0.231 e. The maximum absolute atomic E-state index is 11.5. The first-order valence-corrected chi connectivity index (χ1v) is 6.97. The average Bonchev–Trinajstić information content (AvgIpc) is 2.47. The molecule has 2 aliphatic rings. The van der Waals surface area contributed by atoms with Gasteiger partial charge in [0.2, 0.25) is 5.91 Å². The second-order valence-corrected chi connectivity index (χ2v) is 6.77. The van der Waals surface area contributed by atoms with E-state index in [1.165, 1.54) is 12.8 Å². The Morgan fingerprint density at radius 1 is 1.47 bits per heavy atom. The molecule has 1 amide bonds. The molecular formula is C12H21NOS. The Labute approximate surface area is 96.6 Å². The monoisotopic (exact) mass is 227 g/mol. The number of carbonyl (C=O) groups excluding carboxylic acids is 1. The Balaban J connectivity index is 2.19. The third-order valence-corrected chi connectivity index (χ3v) is 5.33. The molecule has 0 bridgehead atoms. The fourth-order valence-electron chi connectivity index (χ4n) is 3.15. The van der Waals surface area contributed by atoms with Crippen LogP contribution in [-0.4, -0.2) is 16.5 Å². The summed E-state index contributed by atoms with van der Waals surface area (Å²) in [5.41, 5.74) is 0. The van der Waals surface area contributed by atoms with E-state index in [0.29, 0.717) is 17.6 Å². The highest BCUT2D eigenvalue weighted by atomic mass is 32.2. The lowest BCUT2D eigenvalue weighted by Gasteiger charge is -2.45. The topological polar surface area (TPSA) is 29.1 Å². The highest BCUT2D eigenvalue weighted by Gasteiger charge is 2.48. The molecule has 2 fully saturated rings. The average molecular weight is 227 g/mol. The van der Waals surface area contributed by atoms with Crippen LogP contribution in [0.3, 0.4) is 0 Å². The van der Waals surface area contributed by atoms with Crippen molar-refractivity contribution in [1.29, 1.82) is 0 Å². The van der Waals surface area contributed by atoms with E-state index in [-0.39, 0.29) is 10.8 Å². The molecule has 2 nitrogen and oxygen atoms in total. The summed E-state index contributed by atoms with van der Waals surface area (Å²) in [5, 5.41) is 3.26. The summed E-state index contributed by atoms with van der Waals surface area (Å²) < 4.78 is 0. The van der Waals surface area contributed by atoms with E-state index in [4.69, 9.17) is 0 Å². The van der Waals surface area contributed by atoms with Crippen molar-refractivity contribution in [3.63, 3.8) is 0 Å². The first kappa shape index (κ1) is 11.3. The van der Waals surface area contributed by atoms with Gasteiger partial charge >= 0.3 is 0 Å². The predicted molar refractivity (Wildman–Crippen MR) is 64.7 cm³/mol. The van der Waals surface area contributed by atoms with Gasteiger partial charge in [-0.2, -0.15) is 0 Å². The zero-order valence-corrected chi connectivity index (χ0v) is 10.7. The van der Waals surface area contributed by atoms with Gasteiger partial charge in [0.05, 0.1) is 10.6 Å². The Bertz CT molecular complexity index is 266. The molecule has 1 saturated heterocycles. The first-order chi connectivity index (χ1) is 7.03. The van der Waals surface area contributed by atoms with Crippen molar-refractivity contribution in [2.24, 2.45) is 17.8 Å². The van der Waals surface area contributed by atoms with Gasteiger partial charge in [0.25, 0.3) is 0 Å². The molecule has 0 aromatic carbocycles. The zero-order valence-electron chi connectivity index (χ0n) is 9.88. The third kappa shape index (κ3) is 2.03. The van der Waals surface area contributed by atoms with Crippen molar-refractivity contribution in [2.45, 2.75) is 44.9 Å². The van der Waals surface area contributed by atoms with Gasteiger partial charge in [-0.05, 0) is 30.6 Å². The first-order valence-electron chi connectivity index (χ1n) is 5.98. The van der Waals surface area contributed by atoms with Crippen LogP contribution in [-0.2, 0) is 4.79 Å². The Morgan fingerprint density at radius 3 is 2.73 bits per heavy atom. The van der Waals surface area contributed by atoms with E-state index in [2.05, 4.69) is 26.1 Å². The van der Waals surface area contributed by atoms with E-state index in [0.717, 1.165) is 12.3 Å². The van der Waals surface area contributed by atoms with E-state index in [1.807, 2.05) is 11.8 Å². The maximum atomic E-state index is 11.5. The molecule has 86 valence electrons. The highest BCUT2D eigenvalue weighted by Crippen LogP contribution is 2.49. The number of carbonyl (C=O) groups is 1. The Morgan fingerprint density at radius 2 is 2.20 bits per heavy atom. The number of rotatable bonds is 1. The lowest BCUT2D eigenvalue weighted by molar-refractivity contribution is -0.119. The molecule has 1 heterocycles. The standard InChI is InChI=1S/C12H21NOS/c1-8(2)10-5-4-9(3)6-12(10)13-11(14)7-15-12/h8-10H,4-7H2,1-3H3,(H,13,14)/t9-,10+,12-/m1/s1. The van der Waals surface area contributed by atoms with E-state index in [1.54, 1.807) is 0 Å². The lowest BCUT2D eigenvalue weighted by atomic mass is 9.73. The van der Waals surface area contributed by atoms with Gasteiger partial charge in [0, 0.05) is 0 Å². The van der Waals surface area contributed by atoms with Crippen LogP contribution in [0.15, 0.2) is 0 Å². The van der Waals surface area contributed by atoms with Gasteiger partial charge < -0.3 is 5.32 Å². The van der Waals surface area contributed by atoms with Crippen LogP contribution < -0.4 is 5.32 Å². The molecule has 1 spiro atoms. The van der Waals surface area contributed by atoms with E-state index < -0.39 is 0 Å². The number of thioether (sulfide) groups is 1. The molecule has 1 aliphatic heterocycles. The zero-order chi connectivity index (χ0) is 11.1. The third-order valence-electron chi connectivity index (χ3n) is 3.84. The molecule has 3 heteroatoms. The lowest BCUT2D eigenvalue weighted by Crippen LogP contribution is -2.51. The number of hydrogen-bond donors (Lipinski definition) is 1. The Hall–Kier alpha value is -0.180. The van der Waals surface area contributed by atoms with Crippen LogP contribution in [0.4, 0.5) is 0 Å². The van der Waals surface area contributed by atoms with Crippen molar-refractivity contribution in [1.82, 2.24) is 5.32 Å². The summed E-state index contributed by atoms with van der Waals surface area (Å²) in [6.45, 7) is 6.88. The molecule has 15 heavy (non-hydrogen) atoms. The van der Waals surface area contributed by atoms with Gasteiger partial charge in [-0.3, -0.25) is 4.79 Å². The molecule has 0 radical (unpaired) electrons. The molecule has 1 saturated carbocycles. The van der Waals surface area contributed by atoms with Gasteiger partial charge in [-0.15, -0.1) is 11.8 Å². The summed E-state index contributed by atoms with van der Waals surface area (Å²) in [5.74, 6) is 2.98. The van der Waals surface area contributed by atoms with Gasteiger partial charge in [-0.1, -0.05) is 27.2 Å². The largest absolute Gasteiger partial charge is 0.341 e. The minimum atomic E-state index is 0.0723. The van der Waals surface area contributed by atoms with E-state index in [9.17, 15) is 4.79 Å². The van der Waals surface area contributed by atoms with Gasteiger partial charge in [0.15, 0.2) is 0 Å². The quantitative estimate of drug-likeness (QED) is 0.746. The highest BCUT2D eigenvalue weighted by molar-refractivity contribution is 8.01. The summed E-state index contributed by atoms with van der Waals surface area (Å²) in [7, 11) is 0. The second kappa shape index (κ2) is 4.00. The predicted octanol–water partition coefficient (Wildman–Crippen LogP) is 2.64. The summed E-state index contributed by atoms with van der Waals surface area (Å²) in [6, 6.07) is 0. The number of hydrogen-bond acceptors (Lipinski definition) is 2. The number of amides is 1. The molecule has 1 N–H and O–H groups in total. The summed E-state index contributed by atoms with van der Waals surface area (Å²) in [6.07, 6.45) is 3.75. The second-order valence-electron chi connectivity index (χ2n) is 5.46. The van der Waals surface area contributed by atoms with Crippen molar-refractivity contribution < 1.29 is 4.79 Å². The van der Waals surface area contributed by atoms with Gasteiger partial charge in [0.1, 0.15) is 0 Å². The van der Waals surface area contributed by atoms with Crippen LogP contribution in [0, 0.1) is 17.8 Å². The molecular weight excluding hydrogens is 206 g/mol. The molecule has 0 unspecified atom stereocenters. The van der Waals surface area contributed by atoms with E-state index >= 15 is 0 Å². The smallest absolute Gasteiger partial charge is 0.231 e. The van der Waals surface area contributed by atoms with Crippen molar-refractivity contribution in [3.05, 3.63) is 0 Å². The minimum absolute atomic E-state index is 0.0723. The van der Waals surface area contributed by atoms with Crippen LogP contribution >= 0.6 is 11.8 Å². The van der Waals surface area contributed by atoms with Crippen molar-refractivity contribution in [2.75, 3.05) is 5.75 Å². The normalized spacial score (nSPS) is 41.2. The fraction of sp³-hybridized carbons (Fsp3) is 0.917.